The van der Waals surface area contributed by atoms with Crippen LogP contribution in [0, 0.1) is 5.92 Å². The molecular formula is C37H38Cl3NO. The third-order valence-electron chi connectivity index (χ3n) is 10.0. The van der Waals surface area contributed by atoms with Crippen LogP contribution in [0.3, 0.4) is 0 Å². The van der Waals surface area contributed by atoms with Gasteiger partial charge in [-0.2, -0.15) is 0 Å². The maximum absolute atomic E-state index is 7.45. The first-order valence-electron chi connectivity index (χ1n) is 15.1. The summed E-state index contributed by atoms with van der Waals surface area (Å²) in [5, 5.41) is 1.48. The van der Waals surface area contributed by atoms with Gasteiger partial charge in [-0.15, -0.1) is 12.4 Å². The number of rotatable bonds is 7. The molecule has 3 aliphatic carbocycles. The molecular weight excluding hydrogens is 581 g/mol. The highest BCUT2D eigenvalue weighted by Crippen LogP contribution is 2.61. The van der Waals surface area contributed by atoms with E-state index in [-0.39, 0.29) is 30.2 Å². The van der Waals surface area contributed by atoms with Crippen molar-refractivity contribution in [1.29, 1.82) is 0 Å². The van der Waals surface area contributed by atoms with Crippen LogP contribution in [-0.4, -0.2) is 29.6 Å². The Morgan fingerprint density at radius 1 is 0.619 bits per heavy atom. The summed E-state index contributed by atoms with van der Waals surface area (Å²) in [5.74, 6) is 1.25. The van der Waals surface area contributed by atoms with Crippen LogP contribution in [0.15, 0.2) is 109 Å². The Morgan fingerprint density at radius 3 is 1.52 bits per heavy atom. The Hall–Kier alpha value is -2.33. The molecule has 0 amide bonds. The number of fused-ring (bicyclic) bond motifs is 3. The summed E-state index contributed by atoms with van der Waals surface area (Å²) >= 11 is 12.7. The summed E-state index contributed by atoms with van der Waals surface area (Å²) in [5.41, 5.74) is 5.28. The quantitative estimate of drug-likeness (QED) is 0.204. The number of hydrogen-bond donors (Lipinski definition) is 0. The van der Waals surface area contributed by atoms with Crippen LogP contribution < -0.4 is 0 Å². The highest BCUT2D eigenvalue weighted by Gasteiger charge is 2.59. The van der Waals surface area contributed by atoms with E-state index in [9.17, 15) is 0 Å². The SMILES string of the molecule is Cl.Clc1ccc(C(O[C@@H]2CC3(N4CCCC4)C[C@@H](c4ccccc4)C2[C@H](c2ccccc2)C3)c2ccc(Cl)cc2)cc1. The fourth-order valence-corrected chi connectivity index (χ4v) is 8.50. The molecule has 0 spiro atoms. The molecule has 5 heteroatoms. The molecule has 4 aromatic rings. The zero-order valence-corrected chi connectivity index (χ0v) is 26.1. The van der Waals surface area contributed by atoms with Gasteiger partial charge in [-0.1, -0.05) is 108 Å². The Kier molecular flexibility index (Phi) is 9.01. The molecule has 1 aliphatic heterocycles. The number of likely N-dealkylation sites (tertiary alicyclic amines) is 1. The number of hydrogen-bond acceptors (Lipinski definition) is 2. The molecule has 42 heavy (non-hydrogen) atoms. The van der Waals surface area contributed by atoms with Gasteiger partial charge in [-0.3, -0.25) is 4.90 Å². The van der Waals surface area contributed by atoms with Crippen molar-refractivity contribution >= 4 is 35.6 Å². The molecule has 4 aromatic carbocycles. The van der Waals surface area contributed by atoms with Crippen molar-refractivity contribution in [3.05, 3.63) is 141 Å². The standard InChI is InChI=1S/C37H37Cl2NO.ClH/c38-30-17-13-28(14-18-30)36(29-15-19-31(39)20-16-29)41-34-25-37(40-21-7-8-22-40)23-32(26-9-3-1-4-10-26)35(34)33(24-37)27-11-5-2-6-12-27;/h1-6,9-20,32-36H,7-8,21-25H2;1H/t32-,33-,34+,35?,37?;/m0./s1. The Balaban J connectivity index is 0.00000316. The molecule has 0 N–H and O–H groups in total. The van der Waals surface area contributed by atoms with Crippen LogP contribution >= 0.6 is 35.6 Å². The molecule has 2 nitrogen and oxygen atoms in total. The van der Waals surface area contributed by atoms with E-state index in [0.717, 1.165) is 27.6 Å². The molecule has 3 atom stereocenters. The van der Waals surface area contributed by atoms with E-state index in [1.165, 1.54) is 49.9 Å². The van der Waals surface area contributed by atoms with Crippen molar-refractivity contribution in [2.24, 2.45) is 5.92 Å². The van der Waals surface area contributed by atoms with E-state index in [0.29, 0.717) is 17.8 Å². The summed E-state index contributed by atoms with van der Waals surface area (Å²) in [6.45, 7) is 2.39. The largest absolute Gasteiger partial charge is 0.365 e. The topological polar surface area (TPSA) is 12.5 Å². The second-order valence-corrected chi connectivity index (χ2v) is 13.2. The molecule has 1 heterocycles. The lowest BCUT2D eigenvalue weighted by atomic mass is 9.51. The Labute approximate surface area is 266 Å². The van der Waals surface area contributed by atoms with Gasteiger partial charge in [0.2, 0.25) is 0 Å². The number of nitrogens with zero attached hydrogens (tertiary/aromatic N) is 1. The van der Waals surface area contributed by atoms with Crippen LogP contribution in [-0.2, 0) is 4.74 Å². The smallest absolute Gasteiger partial charge is 0.108 e. The van der Waals surface area contributed by atoms with Gasteiger partial charge in [-0.25, -0.2) is 0 Å². The van der Waals surface area contributed by atoms with Crippen LogP contribution in [0.5, 0.6) is 0 Å². The summed E-state index contributed by atoms with van der Waals surface area (Å²) in [7, 11) is 0. The normalized spacial score (nSPS) is 27.2. The summed E-state index contributed by atoms with van der Waals surface area (Å²) in [6.07, 6.45) is 5.97. The Morgan fingerprint density at radius 2 is 1.07 bits per heavy atom. The fourth-order valence-electron chi connectivity index (χ4n) is 8.25. The second-order valence-electron chi connectivity index (χ2n) is 12.3. The Bertz CT molecular complexity index is 1340. The second kappa shape index (κ2) is 12.7. The molecule has 3 saturated carbocycles. The van der Waals surface area contributed by atoms with Crippen LogP contribution in [0.2, 0.25) is 10.0 Å². The van der Waals surface area contributed by atoms with Crippen molar-refractivity contribution in [1.82, 2.24) is 4.90 Å². The summed E-state index contributed by atoms with van der Waals surface area (Å²) in [4.78, 5) is 2.84. The zero-order chi connectivity index (χ0) is 27.8. The van der Waals surface area contributed by atoms with Crippen molar-refractivity contribution in [3.63, 3.8) is 0 Å². The minimum Gasteiger partial charge on any atom is -0.365 e. The highest BCUT2D eigenvalue weighted by molar-refractivity contribution is 6.30. The minimum atomic E-state index is -0.197. The first-order valence-corrected chi connectivity index (χ1v) is 15.9. The molecule has 0 unspecified atom stereocenters. The predicted octanol–water partition coefficient (Wildman–Crippen LogP) is 10.1. The molecule has 4 aliphatic rings. The summed E-state index contributed by atoms with van der Waals surface area (Å²) in [6, 6.07) is 38.8. The molecule has 0 radical (unpaired) electrons. The van der Waals surface area contributed by atoms with Gasteiger partial charge >= 0.3 is 0 Å². The lowest BCUT2D eigenvalue weighted by Crippen LogP contribution is -2.62. The number of halogens is 3. The van der Waals surface area contributed by atoms with Crippen molar-refractivity contribution in [2.75, 3.05) is 13.1 Å². The number of benzene rings is 4. The lowest BCUT2D eigenvalue weighted by molar-refractivity contribution is -0.141. The monoisotopic (exact) mass is 617 g/mol. The lowest BCUT2D eigenvalue weighted by Gasteiger charge is -2.61. The first kappa shape index (κ1) is 29.7. The molecule has 2 bridgehead atoms. The highest BCUT2D eigenvalue weighted by atomic mass is 35.5. The molecule has 0 aromatic heterocycles. The predicted molar refractivity (Wildman–Crippen MR) is 176 cm³/mol. The van der Waals surface area contributed by atoms with E-state index < -0.39 is 0 Å². The fraction of sp³-hybridized carbons (Fsp3) is 0.351. The summed E-state index contributed by atoms with van der Waals surface area (Å²) < 4.78 is 7.45. The maximum atomic E-state index is 7.45. The van der Waals surface area contributed by atoms with Gasteiger partial charge in [0.15, 0.2) is 0 Å². The van der Waals surface area contributed by atoms with E-state index >= 15 is 0 Å². The van der Waals surface area contributed by atoms with Crippen LogP contribution in [0.4, 0.5) is 0 Å². The van der Waals surface area contributed by atoms with Crippen molar-refractivity contribution in [3.8, 4) is 0 Å². The van der Waals surface area contributed by atoms with Gasteiger partial charge in [0.05, 0.1) is 6.10 Å². The average molecular weight is 619 g/mol. The van der Waals surface area contributed by atoms with Crippen LogP contribution in [0.1, 0.15) is 72.3 Å². The minimum absolute atomic E-state index is 0. The van der Waals surface area contributed by atoms with E-state index in [1.54, 1.807) is 0 Å². The molecule has 1 saturated heterocycles. The van der Waals surface area contributed by atoms with Gasteiger partial charge in [0.25, 0.3) is 0 Å². The van der Waals surface area contributed by atoms with Crippen LogP contribution in [0.25, 0.3) is 0 Å². The van der Waals surface area contributed by atoms with Gasteiger partial charge in [0, 0.05) is 15.6 Å². The van der Waals surface area contributed by atoms with E-state index in [2.05, 4.69) is 89.8 Å². The molecule has 218 valence electrons. The third kappa shape index (κ3) is 5.77. The average Bonchev–Trinajstić information content (AvgIpc) is 3.58. The van der Waals surface area contributed by atoms with Crippen molar-refractivity contribution < 1.29 is 4.74 Å². The number of ether oxygens (including phenoxy) is 1. The zero-order valence-electron chi connectivity index (χ0n) is 23.7. The third-order valence-corrected chi connectivity index (χ3v) is 10.5. The molecule has 4 fully saturated rings. The maximum Gasteiger partial charge on any atom is 0.108 e. The van der Waals surface area contributed by atoms with Crippen molar-refractivity contribution in [2.45, 2.75) is 61.7 Å². The van der Waals surface area contributed by atoms with E-state index in [1.807, 2.05) is 24.3 Å². The molecule has 8 rings (SSSR count). The first-order chi connectivity index (χ1) is 20.1. The van der Waals surface area contributed by atoms with Gasteiger partial charge < -0.3 is 4.74 Å². The van der Waals surface area contributed by atoms with E-state index in [4.69, 9.17) is 27.9 Å². The van der Waals surface area contributed by atoms with Gasteiger partial charge in [0.1, 0.15) is 6.10 Å². The van der Waals surface area contributed by atoms with Gasteiger partial charge in [-0.05, 0) is 109 Å².